The minimum atomic E-state index is 0.516. The molecule has 5 nitrogen and oxygen atoms in total. The zero-order valence-corrected chi connectivity index (χ0v) is 13.3. The molecular weight excluding hydrogens is 294 g/mol. The van der Waals surface area contributed by atoms with E-state index in [0.29, 0.717) is 11.7 Å². The number of aromatic nitrogens is 3. The van der Waals surface area contributed by atoms with Gasteiger partial charge in [-0.2, -0.15) is 0 Å². The Bertz CT molecular complexity index is 824. The minimum Gasteiger partial charge on any atom is -0.355 e. The lowest BCUT2D eigenvalue weighted by atomic mass is 10.1. The lowest BCUT2D eigenvalue weighted by Crippen LogP contribution is -2.29. The van der Waals surface area contributed by atoms with Gasteiger partial charge in [-0.15, -0.1) is 10.2 Å². The molecule has 1 aromatic carbocycles. The number of thiocarbonyl (C=S) groups is 1. The van der Waals surface area contributed by atoms with Gasteiger partial charge in [0.25, 0.3) is 0 Å². The summed E-state index contributed by atoms with van der Waals surface area (Å²) in [5.41, 5.74) is 4.27. The molecule has 0 aliphatic carbocycles. The van der Waals surface area contributed by atoms with Crippen LogP contribution in [0.25, 0.3) is 5.65 Å². The molecule has 0 saturated carbocycles. The number of hydrogen-bond donors (Lipinski definition) is 2. The number of anilines is 1. The maximum atomic E-state index is 5.36. The highest BCUT2D eigenvalue weighted by Gasteiger charge is 2.06. The molecule has 0 unspecified atom stereocenters. The van der Waals surface area contributed by atoms with Gasteiger partial charge in [-0.05, 0) is 55.4 Å². The summed E-state index contributed by atoms with van der Waals surface area (Å²) in [4.78, 5) is 0. The largest absolute Gasteiger partial charge is 0.355 e. The molecule has 6 heteroatoms. The van der Waals surface area contributed by atoms with Crippen molar-refractivity contribution in [2.45, 2.75) is 20.4 Å². The highest BCUT2D eigenvalue weighted by atomic mass is 32.1. The summed E-state index contributed by atoms with van der Waals surface area (Å²) in [5.74, 6) is 0.820. The van der Waals surface area contributed by atoms with Crippen LogP contribution in [0, 0.1) is 13.8 Å². The van der Waals surface area contributed by atoms with Crippen molar-refractivity contribution in [3.63, 3.8) is 0 Å². The number of hydrogen-bond acceptors (Lipinski definition) is 3. The summed E-state index contributed by atoms with van der Waals surface area (Å²) in [6, 6.07) is 11.9. The monoisotopic (exact) mass is 311 g/mol. The lowest BCUT2D eigenvalue weighted by molar-refractivity contribution is 0.813. The molecule has 0 fully saturated rings. The van der Waals surface area contributed by atoms with E-state index in [-0.39, 0.29) is 0 Å². The average molecular weight is 311 g/mol. The molecule has 0 amide bonds. The van der Waals surface area contributed by atoms with Crippen LogP contribution in [0.4, 0.5) is 5.69 Å². The number of nitrogens with one attached hydrogen (secondary N) is 2. The summed E-state index contributed by atoms with van der Waals surface area (Å²) in [6.45, 7) is 4.67. The van der Waals surface area contributed by atoms with Gasteiger partial charge in [-0.25, -0.2) is 0 Å². The predicted octanol–water partition coefficient (Wildman–Crippen LogP) is 2.83. The Labute approximate surface area is 134 Å². The highest BCUT2D eigenvalue weighted by Crippen LogP contribution is 2.17. The van der Waals surface area contributed by atoms with E-state index in [1.165, 1.54) is 11.1 Å². The first-order valence-electron chi connectivity index (χ1n) is 7.05. The van der Waals surface area contributed by atoms with Gasteiger partial charge in [0.15, 0.2) is 16.6 Å². The molecule has 112 valence electrons. The Morgan fingerprint density at radius 1 is 1.14 bits per heavy atom. The Kier molecular flexibility index (Phi) is 4.02. The molecule has 2 heterocycles. The van der Waals surface area contributed by atoms with E-state index in [0.717, 1.165) is 17.2 Å². The molecule has 0 radical (unpaired) electrons. The van der Waals surface area contributed by atoms with Gasteiger partial charge in [0, 0.05) is 11.9 Å². The smallest absolute Gasteiger partial charge is 0.171 e. The molecule has 3 aromatic rings. The number of pyridine rings is 1. The second-order valence-corrected chi connectivity index (χ2v) is 5.51. The second kappa shape index (κ2) is 6.11. The number of nitrogens with zero attached hydrogens (tertiary/aromatic N) is 3. The van der Waals surface area contributed by atoms with E-state index >= 15 is 0 Å². The van der Waals surface area contributed by atoms with Crippen LogP contribution in [0.15, 0.2) is 42.6 Å². The lowest BCUT2D eigenvalue weighted by Gasteiger charge is -2.13. The van der Waals surface area contributed by atoms with E-state index in [2.05, 4.69) is 40.7 Å². The zero-order valence-electron chi connectivity index (χ0n) is 12.5. The fourth-order valence-electron chi connectivity index (χ4n) is 2.22. The molecule has 2 N–H and O–H groups in total. The standard InChI is InChI=1S/C16H17N5S/c1-11-6-5-7-13(12(11)2)18-16(22)17-10-15-20-19-14-8-3-4-9-21(14)15/h3-9H,10H2,1-2H3,(H2,17,18,22). The topological polar surface area (TPSA) is 54.2 Å². The van der Waals surface area contributed by atoms with Crippen molar-refractivity contribution >= 4 is 28.7 Å². The van der Waals surface area contributed by atoms with Gasteiger partial charge in [-0.1, -0.05) is 18.2 Å². The first-order valence-corrected chi connectivity index (χ1v) is 7.45. The average Bonchev–Trinajstić information content (AvgIpc) is 2.93. The third-order valence-corrected chi connectivity index (χ3v) is 3.89. The van der Waals surface area contributed by atoms with Crippen molar-refractivity contribution < 1.29 is 0 Å². The van der Waals surface area contributed by atoms with Crippen LogP contribution in [0.5, 0.6) is 0 Å². The number of rotatable bonds is 3. The van der Waals surface area contributed by atoms with Crippen LogP contribution in [0.2, 0.25) is 0 Å². The number of aryl methyl sites for hydroxylation is 1. The second-order valence-electron chi connectivity index (χ2n) is 5.10. The van der Waals surface area contributed by atoms with Crippen LogP contribution in [0.3, 0.4) is 0 Å². The van der Waals surface area contributed by atoms with Gasteiger partial charge in [0.05, 0.1) is 6.54 Å². The highest BCUT2D eigenvalue weighted by molar-refractivity contribution is 7.80. The molecule has 0 aliphatic heterocycles. The maximum Gasteiger partial charge on any atom is 0.171 e. The Hall–Kier alpha value is -2.47. The van der Waals surface area contributed by atoms with E-state index in [1.54, 1.807) is 0 Å². The maximum absolute atomic E-state index is 5.36. The summed E-state index contributed by atoms with van der Waals surface area (Å²) >= 11 is 5.36. The van der Waals surface area contributed by atoms with Crippen LogP contribution < -0.4 is 10.6 Å². The SMILES string of the molecule is Cc1cccc(NC(=S)NCc2nnc3ccccn23)c1C. The molecule has 0 saturated heterocycles. The summed E-state index contributed by atoms with van der Waals surface area (Å²) < 4.78 is 1.94. The summed E-state index contributed by atoms with van der Waals surface area (Å²) in [6.07, 6.45) is 1.94. The molecule has 0 bridgehead atoms. The molecule has 22 heavy (non-hydrogen) atoms. The van der Waals surface area contributed by atoms with Gasteiger partial charge in [0.2, 0.25) is 0 Å². The normalized spacial score (nSPS) is 10.6. The quantitative estimate of drug-likeness (QED) is 0.729. The van der Waals surface area contributed by atoms with E-state index in [4.69, 9.17) is 12.2 Å². The zero-order chi connectivity index (χ0) is 15.5. The molecule has 2 aromatic heterocycles. The van der Waals surface area contributed by atoms with Crippen LogP contribution in [-0.2, 0) is 6.54 Å². The minimum absolute atomic E-state index is 0.516. The van der Waals surface area contributed by atoms with Crippen molar-refractivity contribution in [1.82, 2.24) is 19.9 Å². The number of benzene rings is 1. The fourth-order valence-corrected chi connectivity index (χ4v) is 2.41. The van der Waals surface area contributed by atoms with E-state index in [1.807, 2.05) is 40.9 Å². The first kappa shape index (κ1) is 14.5. The van der Waals surface area contributed by atoms with Crippen molar-refractivity contribution in [2.75, 3.05) is 5.32 Å². The summed E-state index contributed by atoms with van der Waals surface area (Å²) in [7, 11) is 0. The molecule has 0 aliphatic rings. The third kappa shape index (κ3) is 2.92. The Morgan fingerprint density at radius 2 is 2.00 bits per heavy atom. The first-order chi connectivity index (χ1) is 10.6. The van der Waals surface area contributed by atoms with E-state index < -0.39 is 0 Å². The van der Waals surface area contributed by atoms with E-state index in [9.17, 15) is 0 Å². The summed E-state index contributed by atoms with van der Waals surface area (Å²) in [5, 5.41) is 15.2. The Morgan fingerprint density at radius 3 is 2.86 bits per heavy atom. The van der Waals surface area contributed by atoms with Gasteiger partial charge < -0.3 is 10.6 Å². The fraction of sp³-hybridized carbons (Fsp3) is 0.188. The van der Waals surface area contributed by atoms with Crippen molar-refractivity contribution in [2.24, 2.45) is 0 Å². The molecule has 0 atom stereocenters. The van der Waals surface area contributed by atoms with Gasteiger partial charge >= 0.3 is 0 Å². The molecular formula is C16H17N5S. The van der Waals surface area contributed by atoms with Crippen LogP contribution >= 0.6 is 12.2 Å². The third-order valence-electron chi connectivity index (χ3n) is 3.64. The van der Waals surface area contributed by atoms with Gasteiger partial charge in [-0.3, -0.25) is 4.40 Å². The molecule has 3 rings (SSSR count). The van der Waals surface area contributed by atoms with Crippen molar-refractivity contribution in [3.8, 4) is 0 Å². The van der Waals surface area contributed by atoms with Crippen LogP contribution in [-0.4, -0.2) is 19.7 Å². The predicted molar refractivity (Wildman–Crippen MR) is 92.0 cm³/mol. The number of fused-ring (bicyclic) bond motifs is 1. The van der Waals surface area contributed by atoms with Crippen molar-refractivity contribution in [1.29, 1.82) is 0 Å². The van der Waals surface area contributed by atoms with Crippen molar-refractivity contribution in [3.05, 3.63) is 59.5 Å². The van der Waals surface area contributed by atoms with Crippen LogP contribution in [0.1, 0.15) is 17.0 Å². The molecule has 0 spiro atoms. The Balaban J connectivity index is 1.66. The van der Waals surface area contributed by atoms with Gasteiger partial charge in [0.1, 0.15) is 0 Å².